The van der Waals surface area contributed by atoms with Gasteiger partial charge in [-0.05, 0) is 49.9 Å². The standard InChI is InChI=1S/C16H23ClN2O/c17-14-6-4-13(5-7-14)10-12-19-16(20)9-8-15-3-1-2-11-18-15/h4-7,15,18H,1-3,8-12H2,(H,19,20). The Balaban J connectivity index is 1.58. The Labute approximate surface area is 126 Å². The molecule has 20 heavy (non-hydrogen) atoms. The molecule has 1 aliphatic heterocycles. The van der Waals surface area contributed by atoms with Crippen LogP contribution >= 0.6 is 11.6 Å². The van der Waals surface area contributed by atoms with Crippen molar-refractivity contribution in [1.29, 1.82) is 0 Å². The highest BCUT2D eigenvalue weighted by atomic mass is 35.5. The molecule has 0 radical (unpaired) electrons. The fraction of sp³-hybridized carbons (Fsp3) is 0.562. The van der Waals surface area contributed by atoms with Crippen LogP contribution < -0.4 is 10.6 Å². The van der Waals surface area contributed by atoms with Crippen LogP contribution in [-0.4, -0.2) is 25.0 Å². The minimum Gasteiger partial charge on any atom is -0.356 e. The van der Waals surface area contributed by atoms with Crippen LogP contribution in [0.4, 0.5) is 0 Å². The zero-order valence-corrected chi connectivity index (χ0v) is 12.6. The Morgan fingerprint density at radius 3 is 2.80 bits per heavy atom. The zero-order valence-electron chi connectivity index (χ0n) is 11.8. The minimum atomic E-state index is 0.159. The van der Waals surface area contributed by atoms with E-state index in [4.69, 9.17) is 11.6 Å². The van der Waals surface area contributed by atoms with E-state index in [1.165, 1.54) is 24.8 Å². The van der Waals surface area contributed by atoms with Crippen molar-refractivity contribution in [1.82, 2.24) is 10.6 Å². The lowest BCUT2D eigenvalue weighted by Gasteiger charge is -2.23. The van der Waals surface area contributed by atoms with Gasteiger partial charge in [-0.1, -0.05) is 30.2 Å². The van der Waals surface area contributed by atoms with Crippen LogP contribution in [0.1, 0.15) is 37.7 Å². The third kappa shape index (κ3) is 5.51. The van der Waals surface area contributed by atoms with Gasteiger partial charge in [-0.2, -0.15) is 0 Å². The predicted octanol–water partition coefficient (Wildman–Crippen LogP) is 2.92. The Morgan fingerprint density at radius 1 is 1.30 bits per heavy atom. The quantitative estimate of drug-likeness (QED) is 0.847. The van der Waals surface area contributed by atoms with Gasteiger partial charge in [0.05, 0.1) is 0 Å². The Bertz CT molecular complexity index is 413. The van der Waals surface area contributed by atoms with Crippen molar-refractivity contribution < 1.29 is 4.79 Å². The summed E-state index contributed by atoms with van der Waals surface area (Å²) in [6.45, 7) is 1.79. The molecule has 0 aliphatic carbocycles. The van der Waals surface area contributed by atoms with Crippen LogP contribution in [0.15, 0.2) is 24.3 Å². The number of benzene rings is 1. The smallest absolute Gasteiger partial charge is 0.220 e. The van der Waals surface area contributed by atoms with Crippen LogP contribution in [0.2, 0.25) is 5.02 Å². The first-order valence-electron chi connectivity index (χ1n) is 7.48. The molecule has 0 saturated carbocycles. The fourth-order valence-electron chi connectivity index (χ4n) is 2.56. The second kappa shape index (κ2) is 8.28. The highest BCUT2D eigenvalue weighted by Crippen LogP contribution is 2.12. The molecule has 0 spiro atoms. The average molecular weight is 295 g/mol. The average Bonchev–Trinajstić information content (AvgIpc) is 2.48. The van der Waals surface area contributed by atoms with Crippen LogP contribution in [-0.2, 0) is 11.2 Å². The minimum absolute atomic E-state index is 0.159. The number of halogens is 1. The molecule has 0 bridgehead atoms. The molecule has 110 valence electrons. The van der Waals surface area contributed by atoms with E-state index in [0.29, 0.717) is 19.0 Å². The van der Waals surface area contributed by atoms with Crippen molar-refractivity contribution in [2.75, 3.05) is 13.1 Å². The van der Waals surface area contributed by atoms with Gasteiger partial charge in [-0.3, -0.25) is 4.79 Å². The molecule has 3 nitrogen and oxygen atoms in total. The van der Waals surface area contributed by atoms with Gasteiger partial charge in [0.2, 0.25) is 5.91 Å². The largest absolute Gasteiger partial charge is 0.356 e. The van der Waals surface area contributed by atoms with Gasteiger partial charge in [0, 0.05) is 24.0 Å². The molecule has 1 saturated heterocycles. The predicted molar refractivity (Wildman–Crippen MR) is 83.0 cm³/mol. The molecule has 2 N–H and O–H groups in total. The molecule has 1 aromatic rings. The lowest BCUT2D eigenvalue weighted by molar-refractivity contribution is -0.121. The summed E-state index contributed by atoms with van der Waals surface area (Å²) in [5, 5.41) is 7.20. The van der Waals surface area contributed by atoms with Crippen molar-refractivity contribution in [2.45, 2.75) is 44.6 Å². The Kier molecular flexibility index (Phi) is 6.34. The second-order valence-electron chi connectivity index (χ2n) is 5.41. The van der Waals surface area contributed by atoms with E-state index in [9.17, 15) is 4.79 Å². The highest BCUT2D eigenvalue weighted by molar-refractivity contribution is 6.30. The third-order valence-electron chi connectivity index (χ3n) is 3.78. The van der Waals surface area contributed by atoms with Crippen LogP contribution in [0, 0.1) is 0 Å². The van der Waals surface area contributed by atoms with Crippen molar-refractivity contribution in [3.05, 3.63) is 34.9 Å². The Morgan fingerprint density at radius 2 is 2.10 bits per heavy atom. The summed E-state index contributed by atoms with van der Waals surface area (Å²) in [4.78, 5) is 11.8. The van der Waals surface area contributed by atoms with E-state index in [0.717, 1.165) is 24.4 Å². The maximum absolute atomic E-state index is 11.8. The third-order valence-corrected chi connectivity index (χ3v) is 4.03. The van der Waals surface area contributed by atoms with Crippen molar-refractivity contribution in [3.63, 3.8) is 0 Å². The molecular weight excluding hydrogens is 272 g/mol. The lowest BCUT2D eigenvalue weighted by Crippen LogP contribution is -2.35. The molecule has 2 rings (SSSR count). The van der Waals surface area contributed by atoms with E-state index >= 15 is 0 Å². The molecule has 1 atom stereocenters. The maximum Gasteiger partial charge on any atom is 0.220 e. The van der Waals surface area contributed by atoms with Gasteiger partial charge in [0.1, 0.15) is 0 Å². The van der Waals surface area contributed by atoms with Gasteiger partial charge in [0.25, 0.3) is 0 Å². The first-order valence-corrected chi connectivity index (χ1v) is 7.86. The summed E-state index contributed by atoms with van der Waals surface area (Å²) in [6, 6.07) is 8.30. The number of amides is 1. The zero-order chi connectivity index (χ0) is 14.2. The fourth-order valence-corrected chi connectivity index (χ4v) is 2.69. The van der Waals surface area contributed by atoms with E-state index in [1.54, 1.807) is 0 Å². The summed E-state index contributed by atoms with van der Waals surface area (Å²) >= 11 is 5.84. The van der Waals surface area contributed by atoms with E-state index in [1.807, 2.05) is 24.3 Å². The summed E-state index contributed by atoms with van der Waals surface area (Å²) < 4.78 is 0. The SMILES string of the molecule is O=C(CCC1CCCCN1)NCCc1ccc(Cl)cc1. The number of carbonyl (C=O) groups is 1. The van der Waals surface area contributed by atoms with Gasteiger partial charge in [-0.15, -0.1) is 0 Å². The summed E-state index contributed by atoms with van der Waals surface area (Å²) in [6.07, 6.45) is 6.19. The van der Waals surface area contributed by atoms with Gasteiger partial charge >= 0.3 is 0 Å². The number of hydrogen-bond donors (Lipinski definition) is 2. The van der Waals surface area contributed by atoms with Crippen LogP contribution in [0.25, 0.3) is 0 Å². The molecular formula is C16H23ClN2O. The molecule has 4 heteroatoms. The monoisotopic (exact) mass is 294 g/mol. The van der Waals surface area contributed by atoms with E-state index in [2.05, 4.69) is 10.6 Å². The molecule has 1 unspecified atom stereocenters. The molecule has 1 aliphatic rings. The second-order valence-corrected chi connectivity index (χ2v) is 5.85. The first kappa shape index (κ1) is 15.3. The molecule has 1 heterocycles. The molecule has 1 aromatic carbocycles. The van der Waals surface area contributed by atoms with Gasteiger partial charge < -0.3 is 10.6 Å². The van der Waals surface area contributed by atoms with E-state index in [-0.39, 0.29) is 5.91 Å². The maximum atomic E-state index is 11.8. The van der Waals surface area contributed by atoms with Crippen molar-refractivity contribution in [2.24, 2.45) is 0 Å². The first-order chi connectivity index (χ1) is 9.74. The van der Waals surface area contributed by atoms with Gasteiger partial charge in [-0.25, -0.2) is 0 Å². The van der Waals surface area contributed by atoms with Crippen LogP contribution in [0.3, 0.4) is 0 Å². The van der Waals surface area contributed by atoms with E-state index < -0.39 is 0 Å². The Hall–Kier alpha value is -1.06. The number of nitrogens with one attached hydrogen (secondary N) is 2. The number of carbonyl (C=O) groups excluding carboxylic acids is 1. The van der Waals surface area contributed by atoms with Crippen molar-refractivity contribution >= 4 is 17.5 Å². The lowest BCUT2D eigenvalue weighted by atomic mass is 10.0. The number of hydrogen-bond acceptors (Lipinski definition) is 2. The molecule has 0 aromatic heterocycles. The number of piperidine rings is 1. The van der Waals surface area contributed by atoms with Crippen LogP contribution in [0.5, 0.6) is 0 Å². The summed E-state index contributed by atoms with van der Waals surface area (Å²) in [7, 11) is 0. The number of rotatable bonds is 6. The summed E-state index contributed by atoms with van der Waals surface area (Å²) in [5.41, 5.74) is 1.20. The van der Waals surface area contributed by atoms with Gasteiger partial charge in [0.15, 0.2) is 0 Å². The molecule has 1 amide bonds. The topological polar surface area (TPSA) is 41.1 Å². The summed E-state index contributed by atoms with van der Waals surface area (Å²) in [5.74, 6) is 0.159. The van der Waals surface area contributed by atoms with Crippen molar-refractivity contribution in [3.8, 4) is 0 Å². The molecule has 1 fully saturated rings. The normalized spacial score (nSPS) is 18.8. The highest BCUT2D eigenvalue weighted by Gasteiger charge is 2.13.